The van der Waals surface area contributed by atoms with Crippen LogP contribution in [0.4, 0.5) is 0 Å². The number of hydrogen-bond donors (Lipinski definition) is 0. The average Bonchev–Trinajstić information content (AvgIpc) is 3.50. The van der Waals surface area contributed by atoms with Crippen LogP contribution in [0.1, 0.15) is 34.3 Å². The number of ether oxygens (including phenoxy) is 1. The van der Waals surface area contributed by atoms with Gasteiger partial charge in [0.2, 0.25) is 0 Å². The molecule has 4 aromatic carbocycles. The Morgan fingerprint density at radius 1 is 0.829 bits per heavy atom. The van der Waals surface area contributed by atoms with Gasteiger partial charge < -0.3 is 4.74 Å². The van der Waals surface area contributed by atoms with Crippen LogP contribution in [0.25, 0.3) is 16.8 Å². The minimum atomic E-state index is -1.62. The predicted octanol–water partition coefficient (Wildman–Crippen LogP) is 6.01. The van der Waals surface area contributed by atoms with Crippen molar-refractivity contribution in [3.63, 3.8) is 0 Å². The second-order valence-electron chi connectivity index (χ2n) is 9.33. The van der Waals surface area contributed by atoms with Gasteiger partial charge in [-0.15, -0.1) is 0 Å². The van der Waals surface area contributed by atoms with Gasteiger partial charge >= 0.3 is 5.97 Å². The quantitative estimate of drug-likeness (QED) is 0.121. The molecule has 4 nitrogen and oxygen atoms in total. The molecule has 4 aromatic rings. The zero-order valence-corrected chi connectivity index (χ0v) is 19.1. The summed E-state index contributed by atoms with van der Waals surface area (Å²) in [5, 5.41) is 1.85. The standard InChI is InChI=1S/C31H22O4/c1-30(28(33)22-13-6-3-7-14-22)27-26-23-15-9-8-12-21(23)17-18-24(26)35-29(34)31(27,30)25(32)19-16-20-10-4-2-5-11-20/h2-19,27H,1H3/b19-16+/t27-,30+,31+/m1/s1. The van der Waals surface area contributed by atoms with E-state index in [1.54, 1.807) is 43.3 Å². The molecule has 2 aliphatic rings. The third kappa shape index (κ3) is 2.83. The van der Waals surface area contributed by atoms with E-state index < -0.39 is 28.5 Å². The highest BCUT2D eigenvalue weighted by Gasteiger charge is 2.87. The largest absolute Gasteiger partial charge is 0.425 e. The van der Waals surface area contributed by atoms with E-state index in [-0.39, 0.29) is 5.78 Å². The van der Waals surface area contributed by atoms with E-state index in [1.165, 1.54) is 6.08 Å². The van der Waals surface area contributed by atoms with Crippen molar-refractivity contribution in [2.75, 3.05) is 0 Å². The van der Waals surface area contributed by atoms with Gasteiger partial charge in [0.15, 0.2) is 17.0 Å². The first-order valence-electron chi connectivity index (χ1n) is 11.6. The average molecular weight is 459 g/mol. The summed E-state index contributed by atoms with van der Waals surface area (Å²) < 4.78 is 5.81. The van der Waals surface area contributed by atoms with Crippen molar-refractivity contribution < 1.29 is 19.1 Å². The second kappa shape index (κ2) is 7.60. The molecule has 1 saturated carbocycles. The fourth-order valence-electron chi connectivity index (χ4n) is 5.86. The Hall–Kier alpha value is -4.31. The maximum Gasteiger partial charge on any atom is 0.327 e. The summed E-state index contributed by atoms with van der Waals surface area (Å²) in [7, 11) is 0. The molecular formula is C31H22O4. The number of ketones is 2. The Bertz CT molecular complexity index is 1540. The third-order valence-electron chi connectivity index (χ3n) is 7.61. The normalized spacial score (nSPS) is 24.5. The highest BCUT2D eigenvalue weighted by Crippen LogP contribution is 2.79. The number of allylic oxidation sites excluding steroid dienone is 1. The van der Waals surface area contributed by atoms with Gasteiger partial charge in [-0.25, -0.2) is 0 Å². The Labute approximate surface area is 202 Å². The molecule has 0 N–H and O–H groups in total. The number of carbonyl (C=O) groups excluding carboxylic acids is 3. The first-order valence-corrected chi connectivity index (χ1v) is 11.6. The summed E-state index contributed by atoms with van der Waals surface area (Å²) in [6, 6.07) is 29.7. The lowest BCUT2D eigenvalue weighted by molar-refractivity contribution is -0.147. The van der Waals surface area contributed by atoms with Crippen molar-refractivity contribution in [3.05, 3.63) is 120 Å². The monoisotopic (exact) mass is 458 g/mol. The Balaban J connectivity index is 1.56. The number of benzene rings is 4. The van der Waals surface area contributed by atoms with Gasteiger partial charge in [-0.1, -0.05) is 104 Å². The van der Waals surface area contributed by atoms with Gasteiger partial charge in [-0.2, -0.15) is 0 Å². The van der Waals surface area contributed by atoms with Crippen LogP contribution in [0.2, 0.25) is 0 Å². The molecule has 4 heteroatoms. The molecule has 3 atom stereocenters. The number of carbonyl (C=O) groups is 3. The highest BCUT2D eigenvalue weighted by atomic mass is 16.5. The summed E-state index contributed by atoms with van der Waals surface area (Å²) in [5.74, 6) is -1.53. The van der Waals surface area contributed by atoms with E-state index in [1.807, 2.05) is 66.7 Å². The lowest BCUT2D eigenvalue weighted by atomic mass is 9.84. The number of esters is 1. The topological polar surface area (TPSA) is 60.4 Å². The second-order valence-corrected chi connectivity index (χ2v) is 9.33. The van der Waals surface area contributed by atoms with Crippen LogP contribution in [0.3, 0.4) is 0 Å². The summed E-state index contributed by atoms with van der Waals surface area (Å²) in [4.78, 5) is 41.5. The Morgan fingerprint density at radius 3 is 2.23 bits per heavy atom. The Kier molecular flexibility index (Phi) is 4.61. The van der Waals surface area contributed by atoms with Gasteiger partial charge in [0.25, 0.3) is 0 Å². The van der Waals surface area contributed by atoms with Crippen LogP contribution in [0, 0.1) is 10.8 Å². The molecular weight excluding hydrogens is 436 g/mol. The molecule has 0 saturated heterocycles. The maximum absolute atomic E-state index is 14.0. The zero-order valence-electron chi connectivity index (χ0n) is 19.1. The van der Waals surface area contributed by atoms with Crippen LogP contribution < -0.4 is 4.74 Å². The fraction of sp³-hybridized carbons (Fsp3) is 0.129. The smallest absolute Gasteiger partial charge is 0.327 e. The van der Waals surface area contributed by atoms with Crippen LogP contribution in [0.15, 0.2) is 103 Å². The van der Waals surface area contributed by atoms with Gasteiger partial charge in [0.1, 0.15) is 5.75 Å². The van der Waals surface area contributed by atoms with E-state index in [0.29, 0.717) is 11.3 Å². The van der Waals surface area contributed by atoms with Gasteiger partial charge in [0, 0.05) is 17.0 Å². The van der Waals surface area contributed by atoms with Crippen molar-refractivity contribution in [3.8, 4) is 5.75 Å². The molecule has 0 unspecified atom stereocenters. The molecule has 0 aromatic heterocycles. The number of rotatable bonds is 5. The minimum absolute atomic E-state index is 0.234. The summed E-state index contributed by atoms with van der Waals surface area (Å²) in [6.07, 6.45) is 3.11. The molecule has 35 heavy (non-hydrogen) atoms. The van der Waals surface area contributed by atoms with Crippen molar-refractivity contribution in [1.82, 2.24) is 0 Å². The molecule has 0 spiro atoms. The van der Waals surface area contributed by atoms with E-state index in [4.69, 9.17) is 4.74 Å². The zero-order chi connectivity index (χ0) is 24.2. The Morgan fingerprint density at radius 2 is 1.49 bits per heavy atom. The molecule has 1 fully saturated rings. The SMILES string of the molecule is C[C@@]1(C(=O)c2ccccc2)[C@H]2c3c(ccc4ccccc34)OC(=O)[C@]21C(=O)/C=C/c1ccccc1. The van der Waals surface area contributed by atoms with Crippen LogP contribution in [-0.2, 0) is 9.59 Å². The molecule has 0 amide bonds. The molecule has 1 aliphatic carbocycles. The summed E-state index contributed by atoms with van der Waals surface area (Å²) >= 11 is 0. The van der Waals surface area contributed by atoms with Crippen LogP contribution in [-0.4, -0.2) is 17.5 Å². The van der Waals surface area contributed by atoms with Gasteiger partial charge in [-0.05, 0) is 28.5 Å². The fourth-order valence-corrected chi connectivity index (χ4v) is 5.86. The van der Waals surface area contributed by atoms with Gasteiger partial charge in [0.05, 0.1) is 5.41 Å². The maximum atomic E-state index is 14.0. The van der Waals surface area contributed by atoms with Crippen molar-refractivity contribution in [1.29, 1.82) is 0 Å². The van der Waals surface area contributed by atoms with Crippen molar-refractivity contribution in [2.24, 2.45) is 10.8 Å². The van der Waals surface area contributed by atoms with Gasteiger partial charge in [-0.3, -0.25) is 14.4 Å². The molecule has 6 rings (SSSR count). The van der Waals surface area contributed by atoms with E-state index >= 15 is 0 Å². The number of Topliss-reactive ketones (excluding diaryl/α,β-unsaturated/α-hetero) is 1. The molecule has 0 bridgehead atoms. The molecule has 1 aliphatic heterocycles. The summed E-state index contributed by atoms with van der Waals surface area (Å²) in [6.45, 7) is 1.74. The molecule has 0 radical (unpaired) electrons. The van der Waals surface area contributed by atoms with E-state index in [2.05, 4.69) is 0 Å². The first-order chi connectivity index (χ1) is 17.0. The van der Waals surface area contributed by atoms with Crippen molar-refractivity contribution in [2.45, 2.75) is 12.8 Å². The van der Waals surface area contributed by atoms with Crippen LogP contribution >= 0.6 is 0 Å². The van der Waals surface area contributed by atoms with Crippen LogP contribution in [0.5, 0.6) is 5.75 Å². The summed E-state index contributed by atoms with van der Waals surface area (Å²) in [5.41, 5.74) is -0.851. The number of fused-ring (bicyclic) bond motifs is 5. The van der Waals surface area contributed by atoms with E-state index in [0.717, 1.165) is 21.9 Å². The third-order valence-corrected chi connectivity index (χ3v) is 7.61. The van der Waals surface area contributed by atoms with Crippen molar-refractivity contribution >= 4 is 34.4 Å². The lowest BCUT2D eigenvalue weighted by Crippen LogP contribution is -2.38. The minimum Gasteiger partial charge on any atom is -0.425 e. The lowest BCUT2D eigenvalue weighted by Gasteiger charge is -2.23. The first kappa shape index (κ1) is 21.2. The van der Waals surface area contributed by atoms with E-state index in [9.17, 15) is 14.4 Å². The molecule has 1 heterocycles. The predicted molar refractivity (Wildman–Crippen MR) is 134 cm³/mol. The highest BCUT2D eigenvalue weighted by molar-refractivity contribution is 6.25. The molecule has 170 valence electrons. The number of hydrogen-bond acceptors (Lipinski definition) is 4.